The van der Waals surface area contributed by atoms with Crippen LogP contribution in [0, 0.1) is 0 Å². The van der Waals surface area contributed by atoms with Gasteiger partial charge in [-0.2, -0.15) is 0 Å². The number of carbonyl (C=O) groups excluding carboxylic acids is 2. The summed E-state index contributed by atoms with van der Waals surface area (Å²) >= 11 is 0. The molecular formula is C25H25N3O2. The van der Waals surface area contributed by atoms with Crippen LogP contribution in [0.25, 0.3) is 11.1 Å². The molecule has 0 aromatic heterocycles. The third-order valence-electron chi connectivity index (χ3n) is 5.51. The highest BCUT2D eigenvalue weighted by Gasteiger charge is 2.27. The number of rotatable bonds is 5. The molecule has 0 spiro atoms. The minimum Gasteiger partial charge on any atom is -0.347 e. The molecule has 2 unspecified atom stereocenters. The first-order chi connectivity index (χ1) is 14.6. The van der Waals surface area contributed by atoms with Gasteiger partial charge in [-0.15, -0.1) is 0 Å². The zero-order chi connectivity index (χ0) is 20.9. The van der Waals surface area contributed by atoms with Gasteiger partial charge < -0.3 is 16.4 Å². The summed E-state index contributed by atoms with van der Waals surface area (Å²) in [4.78, 5) is 25.1. The van der Waals surface area contributed by atoms with Crippen molar-refractivity contribution >= 4 is 17.5 Å². The number of benzene rings is 3. The van der Waals surface area contributed by atoms with Crippen molar-refractivity contribution in [1.29, 1.82) is 0 Å². The molecule has 1 aliphatic rings. The summed E-state index contributed by atoms with van der Waals surface area (Å²) in [5.41, 5.74) is 11.0. The molecular weight excluding hydrogens is 374 g/mol. The van der Waals surface area contributed by atoms with E-state index in [1.807, 2.05) is 72.8 Å². The Morgan fingerprint density at radius 1 is 0.833 bits per heavy atom. The smallest absolute Gasteiger partial charge is 0.251 e. The van der Waals surface area contributed by atoms with E-state index in [1.165, 1.54) is 5.56 Å². The number of hydrogen-bond acceptors (Lipinski definition) is 3. The molecule has 0 bridgehead atoms. The van der Waals surface area contributed by atoms with Crippen LogP contribution >= 0.6 is 0 Å². The lowest BCUT2D eigenvalue weighted by Crippen LogP contribution is -2.49. The topological polar surface area (TPSA) is 84.2 Å². The molecule has 3 aromatic rings. The van der Waals surface area contributed by atoms with Crippen LogP contribution in [0.1, 0.15) is 30.0 Å². The van der Waals surface area contributed by atoms with Gasteiger partial charge in [-0.25, -0.2) is 0 Å². The molecule has 0 fully saturated rings. The molecule has 1 aliphatic carbocycles. The molecule has 2 amide bonds. The maximum absolute atomic E-state index is 12.6. The van der Waals surface area contributed by atoms with Crippen LogP contribution in [0.3, 0.4) is 0 Å². The van der Waals surface area contributed by atoms with Crippen LogP contribution in [0.4, 0.5) is 5.69 Å². The highest BCUT2D eigenvalue weighted by atomic mass is 16.2. The normalized spacial score (nSPS) is 16.2. The molecule has 152 valence electrons. The van der Waals surface area contributed by atoms with Crippen molar-refractivity contribution in [3.63, 3.8) is 0 Å². The van der Waals surface area contributed by atoms with E-state index in [4.69, 9.17) is 5.73 Å². The van der Waals surface area contributed by atoms with Gasteiger partial charge in [-0.3, -0.25) is 9.59 Å². The molecule has 30 heavy (non-hydrogen) atoms. The van der Waals surface area contributed by atoms with E-state index >= 15 is 0 Å². The lowest BCUT2D eigenvalue weighted by molar-refractivity contribution is -0.129. The second-order valence-electron chi connectivity index (χ2n) is 7.56. The first-order valence-electron chi connectivity index (χ1n) is 10.2. The number of fused-ring (bicyclic) bond motifs is 1. The fourth-order valence-corrected chi connectivity index (χ4v) is 3.88. The Kier molecular flexibility index (Phi) is 5.91. The molecule has 4 N–H and O–H groups in total. The van der Waals surface area contributed by atoms with Crippen LogP contribution < -0.4 is 16.4 Å². The highest BCUT2D eigenvalue weighted by molar-refractivity contribution is 6.10. The molecule has 0 aliphatic heterocycles. The molecule has 0 saturated carbocycles. The molecule has 5 nitrogen and oxygen atoms in total. The van der Waals surface area contributed by atoms with E-state index in [-0.39, 0.29) is 6.04 Å². The second-order valence-corrected chi connectivity index (χ2v) is 7.56. The quantitative estimate of drug-likeness (QED) is 0.571. The minimum absolute atomic E-state index is 0.105. The van der Waals surface area contributed by atoms with Gasteiger partial charge in [-0.05, 0) is 53.6 Å². The maximum Gasteiger partial charge on any atom is 0.251 e. The van der Waals surface area contributed by atoms with Crippen molar-refractivity contribution in [3.8, 4) is 11.1 Å². The van der Waals surface area contributed by atoms with E-state index in [0.29, 0.717) is 5.69 Å². The number of nitrogens with one attached hydrogen (secondary N) is 2. The van der Waals surface area contributed by atoms with E-state index in [9.17, 15) is 9.59 Å². The number of aryl methyl sites for hydroxylation is 1. The standard InChI is InChI=1S/C25H25N3O2/c26-23(25(30)28-22-12-6-10-19-9-4-5-11-21(19)22)24(29)27-20-15-13-18(14-16-20)17-7-2-1-3-8-17/h1-5,7-9,11,13-16,22-23H,6,10,12,26H2,(H,27,29)(H,28,30). The number of nitrogens with two attached hydrogens (primary N) is 1. The van der Waals surface area contributed by atoms with Crippen LogP contribution in [0.2, 0.25) is 0 Å². The first-order valence-corrected chi connectivity index (χ1v) is 10.2. The van der Waals surface area contributed by atoms with Crippen molar-refractivity contribution in [1.82, 2.24) is 5.32 Å². The van der Waals surface area contributed by atoms with Gasteiger partial charge in [0.2, 0.25) is 5.91 Å². The van der Waals surface area contributed by atoms with Gasteiger partial charge >= 0.3 is 0 Å². The monoisotopic (exact) mass is 399 g/mol. The van der Waals surface area contributed by atoms with Crippen molar-refractivity contribution in [2.75, 3.05) is 5.32 Å². The van der Waals surface area contributed by atoms with Gasteiger partial charge in [0.15, 0.2) is 6.04 Å². The van der Waals surface area contributed by atoms with Crippen molar-refractivity contribution in [2.45, 2.75) is 31.3 Å². The SMILES string of the molecule is NC(C(=O)Nc1ccc(-c2ccccc2)cc1)C(=O)NC1CCCc2ccccc21. The van der Waals surface area contributed by atoms with Crippen molar-refractivity contribution in [3.05, 3.63) is 90.0 Å². The van der Waals surface area contributed by atoms with Crippen LogP contribution in [0.5, 0.6) is 0 Å². The van der Waals surface area contributed by atoms with Gasteiger partial charge in [-0.1, -0.05) is 66.7 Å². The Bertz CT molecular complexity index is 1030. The number of anilines is 1. The Morgan fingerprint density at radius 2 is 1.50 bits per heavy atom. The van der Waals surface area contributed by atoms with Crippen molar-refractivity contribution in [2.24, 2.45) is 5.73 Å². The molecule has 0 heterocycles. The van der Waals surface area contributed by atoms with Gasteiger partial charge in [0.05, 0.1) is 6.04 Å². The Hall–Kier alpha value is -3.44. The summed E-state index contributed by atoms with van der Waals surface area (Å²) in [5.74, 6) is -0.987. The summed E-state index contributed by atoms with van der Waals surface area (Å²) in [6, 6.07) is 24.2. The average Bonchev–Trinajstić information content (AvgIpc) is 2.80. The van der Waals surface area contributed by atoms with Gasteiger partial charge in [0, 0.05) is 5.69 Å². The Labute approximate surface area is 176 Å². The molecule has 5 heteroatoms. The van der Waals surface area contributed by atoms with Crippen molar-refractivity contribution < 1.29 is 9.59 Å². The average molecular weight is 399 g/mol. The fourth-order valence-electron chi connectivity index (χ4n) is 3.88. The minimum atomic E-state index is -1.27. The summed E-state index contributed by atoms with van der Waals surface area (Å²) in [6.45, 7) is 0. The number of amides is 2. The number of carbonyl (C=O) groups is 2. The molecule has 0 saturated heterocycles. The molecule has 0 radical (unpaired) electrons. The van der Waals surface area contributed by atoms with E-state index < -0.39 is 17.9 Å². The number of hydrogen-bond donors (Lipinski definition) is 3. The predicted octanol–water partition coefficient (Wildman–Crippen LogP) is 3.81. The zero-order valence-electron chi connectivity index (χ0n) is 16.7. The van der Waals surface area contributed by atoms with Crippen LogP contribution in [-0.2, 0) is 16.0 Å². The lowest BCUT2D eigenvalue weighted by atomic mass is 9.87. The van der Waals surface area contributed by atoms with Gasteiger partial charge in [0.1, 0.15) is 0 Å². The Balaban J connectivity index is 1.37. The largest absolute Gasteiger partial charge is 0.347 e. The fraction of sp³-hybridized carbons (Fsp3) is 0.200. The highest BCUT2D eigenvalue weighted by Crippen LogP contribution is 2.29. The Morgan fingerprint density at radius 3 is 2.27 bits per heavy atom. The molecule has 4 rings (SSSR count). The van der Waals surface area contributed by atoms with E-state index in [0.717, 1.165) is 36.0 Å². The zero-order valence-corrected chi connectivity index (χ0v) is 16.7. The third-order valence-corrected chi connectivity index (χ3v) is 5.51. The molecule has 3 aromatic carbocycles. The lowest BCUT2D eigenvalue weighted by Gasteiger charge is -2.27. The maximum atomic E-state index is 12.6. The summed E-state index contributed by atoms with van der Waals surface area (Å²) in [6.07, 6.45) is 2.85. The molecule has 2 atom stereocenters. The van der Waals surface area contributed by atoms with Crippen LogP contribution in [-0.4, -0.2) is 17.9 Å². The third kappa shape index (κ3) is 4.42. The van der Waals surface area contributed by atoms with Gasteiger partial charge in [0.25, 0.3) is 5.91 Å². The van der Waals surface area contributed by atoms with Crippen LogP contribution in [0.15, 0.2) is 78.9 Å². The first kappa shape index (κ1) is 19.9. The predicted molar refractivity (Wildman–Crippen MR) is 119 cm³/mol. The summed E-state index contributed by atoms with van der Waals surface area (Å²) in [7, 11) is 0. The second kappa shape index (κ2) is 8.93. The van der Waals surface area contributed by atoms with E-state index in [1.54, 1.807) is 0 Å². The van der Waals surface area contributed by atoms with E-state index in [2.05, 4.69) is 16.7 Å². The summed E-state index contributed by atoms with van der Waals surface area (Å²) < 4.78 is 0. The summed E-state index contributed by atoms with van der Waals surface area (Å²) in [5, 5.41) is 5.68.